The van der Waals surface area contributed by atoms with E-state index < -0.39 is 10.0 Å². The summed E-state index contributed by atoms with van der Waals surface area (Å²) in [6, 6.07) is 4.89. The normalized spacial score (nSPS) is 17.6. The minimum absolute atomic E-state index is 0.282. The van der Waals surface area contributed by atoms with Gasteiger partial charge in [0.1, 0.15) is 5.75 Å². The highest BCUT2D eigenvalue weighted by Gasteiger charge is 2.17. The van der Waals surface area contributed by atoms with Gasteiger partial charge in [-0.15, -0.1) is 0 Å². The number of hydrogen-bond acceptors (Lipinski definition) is 5. The molecule has 0 amide bonds. The van der Waals surface area contributed by atoms with Gasteiger partial charge in [-0.05, 0) is 37.7 Å². The summed E-state index contributed by atoms with van der Waals surface area (Å²) in [5.41, 5.74) is 0.810. The zero-order valence-corrected chi connectivity index (χ0v) is 14.3. The molecule has 0 spiro atoms. The molecule has 7 heteroatoms. The molecule has 22 heavy (non-hydrogen) atoms. The van der Waals surface area contributed by atoms with E-state index in [1.54, 1.807) is 25.3 Å². The Morgan fingerprint density at radius 2 is 1.91 bits per heavy atom. The first-order chi connectivity index (χ1) is 10.4. The molecule has 0 saturated carbocycles. The van der Waals surface area contributed by atoms with Crippen LogP contribution < -0.4 is 9.46 Å². The van der Waals surface area contributed by atoms with Crippen LogP contribution >= 0.6 is 0 Å². The number of sulfonamides is 1. The number of hydrogen-bond donors (Lipinski definition) is 1. The fraction of sp³-hybridized carbons (Fsp3) is 0.600. The maximum absolute atomic E-state index is 12.3. The van der Waals surface area contributed by atoms with Crippen LogP contribution in [0.25, 0.3) is 0 Å². The Kier molecular flexibility index (Phi) is 5.80. The standard InChI is InChI=1S/C15H25N3O3S/c1-13-12-14(4-5-15(13)21-3)22(19,20)16-6-7-18-10-8-17(2)9-11-18/h4-5,12,16H,6-11H2,1-3H3. The molecule has 1 N–H and O–H groups in total. The first kappa shape index (κ1) is 17.2. The number of nitrogens with one attached hydrogen (secondary N) is 1. The van der Waals surface area contributed by atoms with Crippen molar-refractivity contribution in [3.8, 4) is 5.75 Å². The van der Waals surface area contributed by atoms with Gasteiger partial charge in [0.05, 0.1) is 12.0 Å². The molecule has 1 aliphatic rings. The molecule has 0 unspecified atom stereocenters. The predicted molar refractivity (Wildman–Crippen MR) is 86.9 cm³/mol. The predicted octanol–water partition coefficient (Wildman–Crippen LogP) is 0.529. The van der Waals surface area contributed by atoms with E-state index in [-0.39, 0.29) is 4.90 Å². The van der Waals surface area contributed by atoms with Crippen LogP contribution in [-0.2, 0) is 10.0 Å². The largest absolute Gasteiger partial charge is 0.496 e. The maximum atomic E-state index is 12.3. The Bertz CT molecular complexity index is 596. The van der Waals surface area contributed by atoms with Gasteiger partial charge >= 0.3 is 0 Å². The molecular formula is C15H25N3O3S. The smallest absolute Gasteiger partial charge is 0.240 e. The van der Waals surface area contributed by atoms with E-state index in [2.05, 4.69) is 21.6 Å². The maximum Gasteiger partial charge on any atom is 0.240 e. The summed E-state index contributed by atoms with van der Waals surface area (Å²) in [4.78, 5) is 4.84. The third-order valence-corrected chi connectivity index (χ3v) is 5.45. The van der Waals surface area contributed by atoms with Crippen molar-refractivity contribution < 1.29 is 13.2 Å². The average molecular weight is 327 g/mol. The van der Waals surface area contributed by atoms with Gasteiger partial charge in [0.2, 0.25) is 10.0 Å². The molecular weight excluding hydrogens is 302 g/mol. The quantitative estimate of drug-likeness (QED) is 0.826. The van der Waals surface area contributed by atoms with E-state index in [1.165, 1.54) is 0 Å². The lowest BCUT2D eigenvalue weighted by Crippen LogP contribution is -2.46. The van der Waals surface area contributed by atoms with Gasteiger partial charge in [-0.2, -0.15) is 0 Å². The minimum Gasteiger partial charge on any atom is -0.496 e. The highest BCUT2D eigenvalue weighted by atomic mass is 32.2. The van der Waals surface area contributed by atoms with Crippen LogP contribution in [0.1, 0.15) is 5.56 Å². The number of methoxy groups -OCH3 is 1. The van der Waals surface area contributed by atoms with Gasteiger partial charge in [-0.25, -0.2) is 13.1 Å². The molecule has 0 radical (unpaired) electrons. The molecule has 124 valence electrons. The van der Waals surface area contributed by atoms with Gasteiger partial charge in [0, 0.05) is 39.3 Å². The Labute approximate surface area is 133 Å². The van der Waals surface area contributed by atoms with Gasteiger partial charge < -0.3 is 9.64 Å². The molecule has 1 fully saturated rings. The lowest BCUT2D eigenvalue weighted by Gasteiger charge is -2.32. The lowest BCUT2D eigenvalue weighted by atomic mass is 10.2. The Morgan fingerprint density at radius 3 is 2.50 bits per heavy atom. The highest BCUT2D eigenvalue weighted by molar-refractivity contribution is 7.89. The van der Waals surface area contributed by atoms with Crippen LogP contribution in [0.4, 0.5) is 0 Å². The van der Waals surface area contributed by atoms with Crippen LogP contribution in [0.2, 0.25) is 0 Å². The fourth-order valence-electron chi connectivity index (χ4n) is 2.51. The van der Waals surface area contributed by atoms with Gasteiger partial charge in [0.15, 0.2) is 0 Å². The second-order valence-corrected chi connectivity index (χ2v) is 7.44. The summed E-state index contributed by atoms with van der Waals surface area (Å²) >= 11 is 0. The topological polar surface area (TPSA) is 61.9 Å². The van der Waals surface area contributed by atoms with Crippen LogP contribution in [-0.4, -0.2) is 71.6 Å². The molecule has 0 aromatic heterocycles. The van der Waals surface area contributed by atoms with Crippen LogP contribution in [0.5, 0.6) is 5.75 Å². The molecule has 1 saturated heterocycles. The third-order valence-electron chi connectivity index (χ3n) is 3.99. The van der Waals surface area contributed by atoms with Crippen molar-refractivity contribution in [1.29, 1.82) is 0 Å². The summed E-state index contributed by atoms with van der Waals surface area (Å²) in [5.74, 6) is 0.691. The third kappa shape index (κ3) is 4.42. The van der Waals surface area contributed by atoms with Crippen molar-refractivity contribution in [2.45, 2.75) is 11.8 Å². The zero-order chi connectivity index (χ0) is 16.2. The number of ether oxygens (including phenoxy) is 1. The van der Waals surface area contributed by atoms with E-state index in [4.69, 9.17) is 4.74 Å². The van der Waals surface area contributed by atoms with Crippen molar-refractivity contribution in [2.24, 2.45) is 0 Å². The molecule has 6 nitrogen and oxygen atoms in total. The summed E-state index contributed by atoms with van der Waals surface area (Å²) in [7, 11) is 0.215. The summed E-state index contributed by atoms with van der Waals surface area (Å²) < 4.78 is 32.4. The number of rotatable bonds is 6. The highest BCUT2D eigenvalue weighted by Crippen LogP contribution is 2.21. The fourth-order valence-corrected chi connectivity index (χ4v) is 3.62. The van der Waals surface area contributed by atoms with Gasteiger partial charge in [-0.3, -0.25) is 4.90 Å². The van der Waals surface area contributed by atoms with Crippen molar-refractivity contribution in [3.05, 3.63) is 23.8 Å². The number of aryl methyl sites for hydroxylation is 1. The molecule has 1 aromatic carbocycles. The van der Waals surface area contributed by atoms with E-state index in [1.807, 2.05) is 6.92 Å². The minimum atomic E-state index is -3.46. The molecule has 1 heterocycles. The monoisotopic (exact) mass is 327 g/mol. The SMILES string of the molecule is COc1ccc(S(=O)(=O)NCCN2CCN(C)CC2)cc1C. The lowest BCUT2D eigenvalue weighted by molar-refractivity contribution is 0.156. The van der Waals surface area contributed by atoms with E-state index in [0.29, 0.717) is 12.3 Å². The first-order valence-corrected chi connectivity index (χ1v) is 8.96. The van der Waals surface area contributed by atoms with Crippen LogP contribution in [0, 0.1) is 6.92 Å². The number of piperazine rings is 1. The summed E-state index contributed by atoms with van der Waals surface area (Å²) in [6.45, 7) is 7.04. The van der Waals surface area contributed by atoms with E-state index in [9.17, 15) is 8.42 Å². The van der Waals surface area contributed by atoms with Crippen molar-refractivity contribution >= 4 is 10.0 Å². The van der Waals surface area contributed by atoms with Gasteiger partial charge in [-0.1, -0.05) is 0 Å². The van der Waals surface area contributed by atoms with Crippen LogP contribution in [0.3, 0.4) is 0 Å². The molecule has 1 aromatic rings. The number of nitrogens with zero attached hydrogens (tertiary/aromatic N) is 2. The molecule has 0 atom stereocenters. The second-order valence-electron chi connectivity index (χ2n) is 5.67. The second kappa shape index (κ2) is 7.41. The average Bonchev–Trinajstić information content (AvgIpc) is 2.49. The molecule has 0 bridgehead atoms. The molecule has 2 rings (SSSR count). The molecule has 1 aliphatic heterocycles. The van der Waals surface area contributed by atoms with Crippen LogP contribution in [0.15, 0.2) is 23.1 Å². The zero-order valence-electron chi connectivity index (χ0n) is 13.5. The van der Waals surface area contributed by atoms with Crippen molar-refractivity contribution in [1.82, 2.24) is 14.5 Å². The molecule has 0 aliphatic carbocycles. The number of likely N-dealkylation sites (N-methyl/N-ethyl adjacent to an activating group) is 1. The Morgan fingerprint density at radius 1 is 1.23 bits per heavy atom. The van der Waals surface area contributed by atoms with Gasteiger partial charge in [0.25, 0.3) is 0 Å². The van der Waals surface area contributed by atoms with E-state index >= 15 is 0 Å². The number of benzene rings is 1. The van der Waals surface area contributed by atoms with E-state index in [0.717, 1.165) is 38.3 Å². The van der Waals surface area contributed by atoms with Crippen molar-refractivity contribution in [3.63, 3.8) is 0 Å². The summed E-state index contributed by atoms with van der Waals surface area (Å²) in [6.07, 6.45) is 0. The Balaban J connectivity index is 1.89. The summed E-state index contributed by atoms with van der Waals surface area (Å²) in [5, 5.41) is 0. The van der Waals surface area contributed by atoms with Crippen molar-refractivity contribution in [2.75, 3.05) is 53.4 Å². The first-order valence-electron chi connectivity index (χ1n) is 7.47. The Hall–Kier alpha value is -1.15.